The molecular weight excluding hydrogens is 145 g/mol. The van der Waals surface area contributed by atoms with Crippen molar-refractivity contribution < 1.29 is 0 Å². The molecule has 0 amide bonds. The van der Waals surface area contributed by atoms with E-state index in [1.54, 1.807) is 11.4 Å². The van der Waals surface area contributed by atoms with Crippen molar-refractivity contribution in [3.63, 3.8) is 0 Å². The van der Waals surface area contributed by atoms with Gasteiger partial charge in [-0.2, -0.15) is 0 Å². The lowest BCUT2D eigenvalue weighted by atomic mass is 9.51. The van der Waals surface area contributed by atoms with Crippen LogP contribution in [-0.4, -0.2) is 11.3 Å². The third-order valence-corrected chi connectivity index (χ3v) is 3.39. The topological polar surface area (TPSA) is 4.93 Å². The molecule has 12 heavy (non-hydrogen) atoms. The Hall–Kier alpha value is -0.655. The highest BCUT2D eigenvalue weighted by atomic mass is 14.9. The largest absolute Gasteiger partial charge is 0.393 e. The third-order valence-electron chi connectivity index (χ3n) is 3.39. The van der Waals surface area contributed by atoms with Crippen molar-refractivity contribution in [3.8, 4) is 0 Å². The van der Waals surface area contributed by atoms with Gasteiger partial charge in [-0.3, -0.25) is 0 Å². The Balaban J connectivity index is 2.16. The first kappa shape index (κ1) is 6.82. The fourth-order valence-corrected chi connectivity index (χ4v) is 2.85. The van der Waals surface area contributed by atoms with Gasteiger partial charge in [-0.05, 0) is 25.0 Å². The van der Waals surface area contributed by atoms with Crippen LogP contribution in [0.25, 0.3) is 0 Å². The van der Waals surface area contributed by atoms with Crippen molar-refractivity contribution in [2.45, 2.75) is 38.3 Å². The van der Waals surface area contributed by atoms with E-state index in [0.29, 0.717) is 0 Å². The van der Waals surface area contributed by atoms with Crippen LogP contribution in [0.5, 0.6) is 0 Å². The van der Waals surface area contributed by atoms with E-state index in [1.807, 2.05) is 0 Å². The quantitative estimate of drug-likeness (QED) is 0.511. The zero-order valence-electron chi connectivity index (χ0n) is 7.42. The number of aryl methyl sites for hydroxylation is 2. The summed E-state index contributed by atoms with van der Waals surface area (Å²) in [4.78, 5) is 0. The molecule has 0 N–H and O–H groups in total. The minimum Gasteiger partial charge on any atom is -0.393 e. The van der Waals surface area contributed by atoms with Crippen LogP contribution in [0.1, 0.15) is 24.2 Å². The van der Waals surface area contributed by atoms with E-state index < -0.39 is 0 Å². The number of hydrogen-bond acceptors (Lipinski definition) is 0. The molecule has 0 atom stereocenters. The SMILES string of the molecule is c1cc2n3c1CCCB3CCC2. The number of rotatable bonds is 0. The second-order valence-corrected chi connectivity index (χ2v) is 4.12. The Morgan fingerprint density at radius 2 is 1.58 bits per heavy atom. The molecule has 0 aliphatic carbocycles. The van der Waals surface area contributed by atoms with Crippen molar-refractivity contribution >= 4 is 6.85 Å². The summed E-state index contributed by atoms with van der Waals surface area (Å²) in [5.74, 6) is 0. The molecule has 3 rings (SSSR count). The molecule has 1 aromatic rings. The lowest BCUT2D eigenvalue weighted by molar-refractivity contribution is 0.719. The standard InChI is InChI=1S/C10H14BN/c1-3-9-5-6-10-4-2-8-11(7-1)12(9)10/h5-6H,1-4,7-8H2. The van der Waals surface area contributed by atoms with E-state index in [2.05, 4.69) is 16.6 Å². The second kappa shape index (κ2) is 2.41. The van der Waals surface area contributed by atoms with Crippen LogP contribution >= 0.6 is 0 Å². The fraction of sp³-hybridized carbons (Fsp3) is 0.600. The van der Waals surface area contributed by atoms with Crippen LogP contribution in [0, 0.1) is 0 Å². The smallest absolute Gasteiger partial charge is 0.259 e. The van der Waals surface area contributed by atoms with Crippen molar-refractivity contribution in [2.24, 2.45) is 0 Å². The average molecular weight is 159 g/mol. The lowest BCUT2D eigenvalue weighted by Gasteiger charge is -2.29. The minimum atomic E-state index is 0.868. The molecular formula is C10H14BN. The van der Waals surface area contributed by atoms with E-state index in [-0.39, 0.29) is 0 Å². The first-order valence-electron chi connectivity index (χ1n) is 5.14. The lowest BCUT2D eigenvalue weighted by Crippen LogP contribution is -2.34. The average Bonchev–Trinajstić information content (AvgIpc) is 2.52. The molecule has 3 heterocycles. The van der Waals surface area contributed by atoms with Gasteiger partial charge in [-0.1, -0.05) is 25.5 Å². The van der Waals surface area contributed by atoms with Crippen LogP contribution in [-0.2, 0) is 12.8 Å². The van der Waals surface area contributed by atoms with Gasteiger partial charge in [0.2, 0.25) is 0 Å². The van der Waals surface area contributed by atoms with Gasteiger partial charge in [0, 0.05) is 11.4 Å². The van der Waals surface area contributed by atoms with Gasteiger partial charge >= 0.3 is 0 Å². The van der Waals surface area contributed by atoms with Crippen LogP contribution in [0.4, 0.5) is 0 Å². The highest BCUT2D eigenvalue weighted by Crippen LogP contribution is 2.28. The number of hydrogen-bond donors (Lipinski definition) is 0. The summed E-state index contributed by atoms with van der Waals surface area (Å²) in [6.07, 6.45) is 8.30. The molecule has 0 unspecified atom stereocenters. The van der Waals surface area contributed by atoms with Gasteiger partial charge in [-0.15, -0.1) is 0 Å². The van der Waals surface area contributed by atoms with Crippen LogP contribution < -0.4 is 0 Å². The molecule has 1 aromatic heterocycles. The monoisotopic (exact) mass is 159 g/mol. The van der Waals surface area contributed by atoms with Crippen molar-refractivity contribution in [1.82, 2.24) is 4.48 Å². The summed E-state index contributed by atoms with van der Waals surface area (Å²) in [5, 5.41) is 0. The Labute approximate surface area is 73.9 Å². The zero-order chi connectivity index (χ0) is 7.97. The second-order valence-electron chi connectivity index (χ2n) is 4.12. The van der Waals surface area contributed by atoms with Crippen molar-refractivity contribution in [1.29, 1.82) is 0 Å². The summed E-state index contributed by atoms with van der Waals surface area (Å²) in [5.41, 5.74) is 3.20. The first-order valence-corrected chi connectivity index (χ1v) is 5.14. The molecule has 0 radical (unpaired) electrons. The fourth-order valence-electron chi connectivity index (χ4n) is 2.85. The maximum atomic E-state index is 2.62. The molecule has 1 nitrogen and oxygen atoms in total. The molecule has 0 saturated carbocycles. The molecule has 2 aliphatic heterocycles. The van der Waals surface area contributed by atoms with Gasteiger partial charge < -0.3 is 4.48 Å². The first-order chi connectivity index (χ1) is 5.95. The zero-order valence-corrected chi connectivity index (χ0v) is 7.42. The van der Waals surface area contributed by atoms with Gasteiger partial charge in [-0.25, -0.2) is 0 Å². The van der Waals surface area contributed by atoms with Crippen LogP contribution in [0.2, 0.25) is 12.6 Å². The molecule has 0 aromatic carbocycles. The maximum absolute atomic E-state index is 2.62. The molecule has 2 heteroatoms. The number of nitrogens with zero attached hydrogens (tertiary/aromatic N) is 1. The summed E-state index contributed by atoms with van der Waals surface area (Å²) >= 11 is 0. The van der Waals surface area contributed by atoms with Crippen molar-refractivity contribution in [2.75, 3.05) is 0 Å². The highest BCUT2D eigenvalue weighted by Gasteiger charge is 2.27. The van der Waals surface area contributed by atoms with Crippen LogP contribution in [0.3, 0.4) is 0 Å². The van der Waals surface area contributed by atoms with E-state index in [1.165, 1.54) is 38.3 Å². The predicted molar refractivity (Wildman–Crippen MR) is 51.8 cm³/mol. The van der Waals surface area contributed by atoms with Crippen molar-refractivity contribution in [3.05, 3.63) is 23.5 Å². The van der Waals surface area contributed by atoms with Gasteiger partial charge in [0.25, 0.3) is 6.85 Å². The maximum Gasteiger partial charge on any atom is 0.259 e. The Kier molecular flexibility index (Phi) is 1.37. The summed E-state index contributed by atoms with van der Waals surface area (Å²) in [6, 6.07) is 4.68. The van der Waals surface area contributed by atoms with Gasteiger partial charge in [0.15, 0.2) is 0 Å². The number of aromatic nitrogens is 1. The highest BCUT2D eigenvalue weighted by molar-refractivity contribution is 6.57. The summed E-state index contributed by atoms with van der Waals surface area (Å²) < 4.78 is 2.62. The molecule has 0 bridgehead atoms. The summed E-state index contributed by atoms with van der Waals surface area (Å²) in [6.45, 7) is 0.868. The Morgan fingerprint density at radius 3 is 2.17 bits per heavy atom. The van der Waals surface area contributed by atoms with E-state index in [0.717, 1.165) is 6.85 Å². The summed E-state index contributed by atoms with van der Waals surface area (Å²) in [7, 11) is 0. The normalized spacial score (nSPS) is 20.8. The van der Waals surface area contributed by atoms with Crippen LogP contribution in [0.15, 0.2) is 12.1 Å². The molecule has 2 aliphatic rings. The van der Waals surface area contributed by atoms with E-state index in [9.17, 15) is 0 Å². The van der Waals surface area contributed by atoms with E-state index >= 15 is 0 Å². The minimum absolute atomic E-state index is 0.868. The molecule has 62 valence electrons. The predicted octanol–water partition coefficient (Wildman–Crippen LogP) is 2.22. The Bertz CT molecular complexity index is 275. The Morgan fingerprint density at radius 1 is 1.00 bits per heavy atom. The van der Waals surface area contributed by atoms with Gasteiger partial charge in [0.1, 0.15) is 0 Å². The molecule has 0 saturated heterocycles. The van der Waals surface area contributed by atoms with E-state index in [4.69, 9.17) is 0 Å². The molecule has 0 fully saturated rings. The third kappa shape index (κ3) is 0.810. The van der Waals surface area contributed by atoms with Gasteiger partial charge in [0.05, 0.1) is 0 Å². The molecule has 0 spiro atoms.